The van der Waals surface area contributed by atoms with Gasteiger partial charge >= 0.3 is 0 Å². The van der Waals surface area contributed by atoms with E-state index in [1.807, 2.05) is 13.0 Å². The SMILES string of the molecule is CCNc1ccc(C(=O)N2CCCCC2CO)cn1. The van der Waals surface area contributed by atoms with Crippen molar-refractivity contribution in [2.45, 2.75) is 32.2 Å². The number of carbonyl (C=O) groups excluding carboxylic acids is 1. The van der Waals surface area contributed by atoms with Crippen LogP contribution in [0.1, 0.15) is 36.5 Å². The lowest BCUT2D eigenvalue weighted by atomic mass is 10.0. The van der Waals surface area contributed by atoms with Crippen LogP contribution in [0.25, 0.3) is 0 Å². The van der Waals surface area contributed by atoms with Gasteiger partial charge in [0.15, 0.2) is 0 Å². The van der Waals surface area contributed by atoms with Gasteiger partial charge < -0.3 is 15.3 Å². The van der Waals surface area contributed by atoms with E-state index in [-0.39, 0.29) is 18.6 Å². The normalized spacial score (nSPS) is 19.3. The minimum Gasteiger partial charge on any atom is -0.394 e. The van der Waals surface area contributed by atoms with Gasteiger partial charge in [-0.25, -0.2) is 4.98 Å². The fourth-order valence-electron chi connectivity index (χ4n) is 2.43. The standard InChI is InChI=1S/C14H21N3O2/c1-2-15-13-7-6-11(9-16-13)14(19)17-8-4-3-5-12(17)10-18/h6-7,9,12,18H,2-5,8,10H2,1H3,(H,15,16). The van der Waals surface area contributed by atoms with Gasteiger partial charge in [-0.1, -0.05) is 0 Å². The summed E-state index contributed by atoms with van der Waals surface area (Å²) in [7, 11) is 0. The Hall–Kier alpha value is -1.62. The first-order chi connectivity index (χ1) is 9.26. The van der Waals surface area contributed by atoms with Gasteiger partial charge in [0, 0.05) is 19.3 Å². The highest BCUT2D eigenvalue weighted by Crippen LogP contribution is 2.19. The van der Waals surface area contributed by atoms with Gasteiger partial charge in [-0.05, 0) is 38.3 Å². The van der Waals surface area contributed by atoms with Crippen molar-refractivity contribution in [1.82, 2.24) is 9.88 Å². The number of likely N-dealkylation sites (tertiary alicyclic amines) is 1. The zero-order chi connectivity index (χ0) is 13.7. The van der Waals surface area contributed by atoms with Crippen molar-refractivity contribution in [3.8, 4) is 0 Å². The molecule has 0 aliphatic carbocycles. The minimum absolute atomic E-state index is 0.0331. The number of piperidine rings is 1. The molecule has 1 aliphatic heterocycles. The lowest BCUT2D eigenvalue weighted by Gasteiger charge is -2.34. The fourth-order valence-corrected chi connectivity index (χ4v) is 2.43. The van der Waals surface area contributed by atoms with Gasteiger partial charge in [-0.2, -0.15) is 0 Å². The molecule has 0 saturated carbocycles. The molecule has 1 aliphatic rings. The molecule has 104 valence electrons. The molecule has 2 rings (SSSR count). The summed E-state index contributed by atoms with van der Waals surface area (Å²) in [4.78, 5) is 18.4. The maximum Gasteiger partial charge on any atom is 0.255 e. The van der Waals surface area contributed by atoms with Gasteiger partial charge in [-0.3, -0.25) is 4.79 Å². The minimum atomic E-state index is -0.0466. The highest BCUT2D eigenvalue weighted by Gasteiger charge is 2.26. The average Bonchev–Trinajstić information content (AvgIpc) is 2.47. The van der Waals surface area contributed by atoms with Crippen LogP contribution in [0.5, 0.6) is 0 Å². The van der Waals surface area contributed by atoms with Crippen LogP contribution < -0.4 is 5.32 Å². The van der Waals surface area contributed by atoms with Crippen molar-refractivity contribution in [3.05, 3.63) is 23.9 Å². The number of aromatic nitrogens is 1. The summed E-state index contributed by atoms with van der Waals surface area (Å²) < 4.78 is 0. The molecular weight excluding hydrogens is 242 g/mol. The summed E-state index contributed by atoms with van der Waals surface area (Å²) in [6.45, 7) is 3.56. The predicted molar refractivity (Wildman–Crippen MR) is 74.2 cm³/mol. The van der Waals surface area contributed by atoms with Crippen molar-refractivity contribution < 1.29 is 9.90 Å². The topological polar surface area (TPSA) is 65.5 Å². The predicted octanol–water partition coefficient (Wildman–Crippen LogP) is 1.50. The van der Waals surface area contributed by atoms with Crippen LogP contribution in [0.3, 0.4) is 0 Å². The molecule has 0 radical (unpaired) electrons. The number of carbonyl (C=O) groups is 1. The molecule has 5 nitrogen and oxygen atoms in total. The van der Waals surface area contributed by atoms with Crippen LogP contribution in [-0.4, -0.2) is 46.6 Å². The zero-order valence-corrected chi connectivity index (χ0v) is 11.3. The summed E-state index contributed by atoms with van der Waals surface area (Å²) >= 11 is 0. The van der Waals surface area contributed by atoms with Crippen molar-refractivity contribution in [2.24, 2.45) is 0 Å². The zero-order valence-electron chi connectivity index (χ0n) is 11.3. The molecule has 1 amide bonds. The Labute approximate surface area is 113 Å². The van der Waals surface area contributed by atoms with Gasteiger partial charge in [-0.15, -0.1) is 0 Å². The Morgan fingerprint density at radius 2 is 2.37 bits per heavy atom. The van der Waals surface area contributed by atoms with Crippen LogP contribution in [0.15, 0.2) is 18.3 Å². The van der Waals surface area contributed by atoms with Crippen LogP contribution in [0.2, 0.25) is 0 Å². The van der Waals surface area contributed by atoms with E-state index in [0.29, 0.717) is 5.56 Å². The van der Waals surface area contributed by atoms with Crippen molar-refractivity contribution in [3.63, 3.8) is 0 Å². The Bertz CT molecular complexity index is 419. The number of aliphatic hydroxyl groups is 1. The van der Waals surface area contributed by atoms with E-state index in [2.05, 4.69) is 10.3 Å². The third-order valence-corrected chi connectivity index (χ3v) is 3.47. The lowest BCUT2D eigenvalue weighted by Crippen LogP contribution is -2.45. The van der Waals surface area contributed by atoms with E-state index < -0.39 is 0 Å². The number of pyridine rings is 1. The van der Waals surface area contributed by atoms with E-state index >= 15 is 0 Å². The molecule has 2 N–H and O–H groups in total. The monoisotopic (exact) mass is 263 g/mol. The number of aliphatic hydroxyl groups excluding tert-OH is 1. The molecule has 1 aromatic heterocycles. The molecule has 1 saturated heterocycles. The highest BCUT2D eigenvalue weighted by molar-refractivity contribution is 5.94. The largest absolute Gasteiger partial charge is 0.394 e. The molecule has 5 heteroatoms. The quantitative estimate of drug-likeness (QED) is 0.864. The second kappa shape index (κ2) is 6.52. The molecule has 19 heavy (non-hydrogen) atoms. The van der Waals surface area contributed by atoms with Crippen LogP contribution >= 0.6 is 0 Å². The van der Waals surface area contributed by atoms with Gasteiger partial charge in [0.05, 0.1) is 18.2 Å². The van der Waals surface area contributed by atoms with E-state index in [9.17, 15) is 9.90 Å². The molecule has 2 heterocycles. The Kier molecular flexibility index (Phi) is 4.74. The summed E-state index contributed by atoms with van der Waals surface area (Å²) in [6.07, 6.45) is 4.56. The number of hydrogen-bond donors (Lipinski definition) is 2. The first-order valence-corrected chi connectivity index (χ1v) is 6.88. The van der Waals surface area contributed by atoms with Crippen LogP contribution in [0.4, 0.5) is 5.82 Å². The van der Waals surface area contributed by atoms with Gasteiger partial charge in [0.25, 0.3) is 5.91 Å². The highest BCUT2D eigenvalue weighted by atomic mass is 16.3. The Morgan fingerprint density at radius 3 is 3.00 bits per heavy atom. The Balaban J connectivity index is 2.09. The van der Waals surface area contributed by atoms with Crippen molar-refractivity contribution in [2.75, 3.05) is 25.0 Å². The molecule has 0 aromatic carbocycles. The maximum atomic E-state index is 12.4. The van der Waals surface area contributed by atoms with E-state index in [1.54, 1.807) is 17.2 Å². The summed E-state index contributed by atoms with van der Waals surface area (Å²) in [5, 5.41) is 12.4. The number of anilines is 1. The van der Waals surface area contributed by atoms with E-state index in [1.165, 1.54) is 0 Å². The van der Waals surface area contributed by atoms with Crippen LogP contribution in [0, 0.1) is 0 Å². The first-order valence-electron chi connectivity index (χ1n) is 6.88. The molecule has 0 bridgehead atoms. The molecule has 0 spiro atoms. The van der Waals surface area contributed by atoms with E-state index in [4.69, 9.17) is 0 Å². The van der Waals surface area contributed by atoms with Crippen LogP contribution in [-0.2, 0) is 0 Å². The summed E-state index contributed by atoms with van der Waals surface area (Å²) in [5.41, 5.74) is 0.585. The number of hydrogen-bond acceptors (Lipinski definition) is 4. The number of amides is 1. The number of rotatable bonds is 4. The second-order valence-corrected chi connectivity index (χ2v) is 4.79. The van der Waals surface area contributed by atoms with Crippen molar-refractivity contribution in [1.29, 1.82) is 0 Å². The molecule has 1 atom stereocenters. The molecule has 1 aromatic rings. The smallest absolute Gasteiger partial charge is 0.255 e. The third kappa shape index (κ3) is 3.23. The van der Waals surface area contributed by atoms with Gasteiger partial charge in [0.1, 0.15) is 5.82 Å². The molecular formula is C14H21N3O2. The number of nitrogens with one attached hydrogen (secondary N) is 1. The van der Waals surface area contributed by atoms with Crippen molar-refractivity contribution >= 4 is 11.7 Å². The Morgan fingerprint density at radius 1 is 1.53 bits per heavy atom. The summed E-state index contributed by atoms with van der Waals surface area (Å²) in [5.74, 6) is 0.741. The second-order valence-electron chi connectivity index (χ2n) is 4.79. The first kappa shape index (κ1) is 13.8. The molecule has 1 fully saturated rings. The fraction of sp³-hybridized carbons (Fsp3) is 0.571. The van der Waals surface area contributed by atoms with E-state index in [0.717, 1.165) is 38.2 Å². The third-order valence-electron chi connectivity index (χ3n) is 3.47. The molecule has 1 unspecified atom stereocenters. The average molecular weight is 263 g/mol. The lowest BCUT2D eigenvalue weighted by molar-refractivity contribution is 0.0502. The van der Waals surface area contributed by atoms with Gasteiger partial charge in [0.2, 0.25) is 0 Å². The number of nitrogens with zero attached hydrogens (tertiary/aromatic N) is 2. The summed E-state index contributed by atoms with van der Waals surface area (Å²) in [6, 6.07) is 3.56. The maximum absolute atomic E-state index is 12.4.